The number of rotatable bonds is 6. The minimum atomic E-state index is -3.24. The minimum absolute atomic E-state index is 0.118. The van der Waals surface area contributed by atoms with Gasteiger partial charge in [0.25, 0.3) is 0 Å². The Kier molecular flexibility index (Phi) is 11.5. The van der Waals surface area contributed by atoms with Crippen LogP contribution < -0.4 is 9.80 Å². The van der Waals surface area contributed by atoms with Gasteiger partial charge in [-0.1, -0.05) is 35.4 Å². The van der Waals surface area contributed by atoms with E-state index in [1.165, 1.54) is 51.0 Å². The predicted molar refractivity (Wildman–Crippen MR) is 174 cm³/mol. The molecule has 1 aliphatic heterocycles. The maximum Gasteiger partial charge on any atom is 0.0146 e. The van der Waals surface area contributed by atoms with Crippen LogP contribution in [0.3, 0.4) is 0 Å². The van der Waals surface area contributed by atoms with Crippen molar-refractivity contribution in [3.05, 3.63) is 88.1 Å². The first-order chi connectivity index (χ1) is 19.1. The zero-order valence-electron chi connectivity index (χ0n) is 25.4. The summed E-state index contributed by atoms with van der Waals surface area (Å²) >= 11 is -2.02. The van der Waals surface area contributed by atoms with Crippen LogP contribution in [0.5, 0.6) is 5.75 Å². The van der Waals surface area contributed by atoms with Crippen molar-refractivity contribution in [2.24, 2.45) is 0 Å². The van der Waals surface area contributed by atoms with Crippen LogP contribution in [0.15, 0.2) is 47.4 Å². The third-order valence-electron chi connectivity index (χ3n) is 6.72. The average Bonchev–Trinajstić information content (AvgIpc) is 3.27. The molecule has 41 heavy (non-hydrogen) atoms. The Morgan fingerprint density at radius 3 is 1.63 bits per heavy atom. The number of nitrogens with zero attached hydrogens (tertiary/aromatic N) is 2. The summed E-state index contributed by atoms with van der Waals surface area (Å²) in [5.41, 5.74) is 11.5. The molecule has 3 aromatic rings. The number of aliphatic hydroxyl groups is 1. The second-order valence-electron chi connectivity index (χ2n) is 11.0. The van der Waals surface area contributed by atoms with Gasteiger partial charge >= 0.3 is 121 Å². The van der Waals surface area contributed by atoms with Crippen LogP contribution >= 0.6 is 19.4 Å². The monoisotopic (exact) mass is 706 g/mol. The van der Waals surface area contributed by atoms with Gasteiger partial charge in [0.15, 0.2) is 0 Å². The van der Waals surface area contributed by atoms with Crippen molar-refractivity contribution in [2.45, 2.75) is 66.4 Å². The van der Waals surface area contributed by atoms with E-state index in [-0.39, 0.29) is 11.0 Å². The quantitative estimate of drug-likeness (QED) is 0.149. The number of hydrogen-bond donors (Lipinski definition) is 0. The normalized spacial score (nSPS) is 13.7. The maximum absolute atomic E-state index is 11.5. The number of hydrogen-bond acceptors (Lipinski definition) is 4. The van der Waals surface area contributed by atoms with E-state index < -0.39 is 23.4 Å². The molecular formula is C32H42Cl2N2O3RuS. The molecule has 1 saturated heterocycles. The molecule has 0 aliphatic carbocycles. The van der Waals surface area contributed by atoms with Gasteiger partial charge in [0.2, 0.25) is 0 Å². The fraction of sp³-hybridized carbons (Fsp3) is 0.375. The van der Waals surface area contributed by atoms with Crippen molar-refractivity contribution in [1.82, 2.24) is 0 Å². The number of anilines is 2. The molecule has 0 spiro atoms. The summed E-state index contributed by atoms with van der Waals surface area (Å²) in [5, 5.41) is 0. The molecule has 0 unspecified atom stereocenters. The molecule has 9 heteroatoms. The Bertz CT molecular complexity index is 1440. The van der Waals surface area contributed by atoms with Gasteiger partial charge in [-0.25, -0.2) is 0 Å². The summed E-state index contributed by atoms with van der Waals surface area (Å²) in [7, 11) is 8.46. The van der Waals surface area contributed by atoms with Crippen LogP contribution in [0.1, 0.15) is 52.8 Å². The van der Waals surface area contributed by atoms with E-state index >= 15 is 0 Å². The van der Waals surface area contributed by atoms with E-state index in [9.17, 15) is 8.42 Å². The molecule has 0 saturated carbocycles. The first-order valence-electron chi connectivity index (χ1n) is 13.5. The van der Waals surface area contributed by atoms with Gasteiger partial charge in [-0.2, -0.15) is 6.67 Å². The van der Waals surface area contributed by atoms with Gasteiger partial charge in [0.1, 0.15) is 0 Å². The second-order valence-corrected chi connectivity index (χ2v) is 18.8. The predicted octanol–water partition coefficient (Wildman–Crippen LogP) is 7.80. The summed E-state index contributed by atoms with van der Waals surface area (Å²) in [6.07, 6.45) is 1.29. The Hall–Kier alpha value is -1.92. The molecule has 1 aliphatic rings. The fourth-order valence-corrected chi connectivity index (χ4v) is 7.86. The molecule has 0 radical (unpaired) electrons. The average molecular weight is 707 g/mol. The van der Waals surface area contributed by atoms with Crippen LogP contribution in [0.2, 0.25) is 0 Å². The number of ether oxygens (including phenoxy) is 1. The third-order valence-corrected chi connectivity index (χ3v) is 9.66. The second kappa shape index (κ2) is 14.0. The van der Waals surface area contributed by atoms with Gasteiger partial charge in [-0.05, 0) is 63.8 Å². The van der Waals surface area contributed by atoms with Crippen LogP contribution in [-0.4, -0.2) is 43.2 Å². The number of sulfone groups is 1. The zero-order chi connectivity index (χ0) is 30.6. The van der Waals surface area contributed by atoms with Crippen molar-refractivity contribution in [3.8, 4) is 5.75 Å². The van der Waals surface area contributed by atoms with Crippen LogP contribution in [-0.2, 0) is 23.4 Å². The molecule has 4 rings (SSSR count). The van der Waals surface area contributed by atoms with E-state index in [1.807, 2.05) is 13.8 Å². The van der Waals surface area contributed by atoms with Gasteiger partial charge < -0.3 is 9.80 Å². The molecule has 0 atom stereocenters. The van der Waals surface area contributed by atoms with E-state index in [0.717, 1.165) is 18.8 Å². The SMILES string of the molecule is CC(C)[OH+]c1ccc(S(C)(=O)=O)cc1[CH]=[Ru]([Cl])[Cl].Cc1cc(C)c(N2[CH-]N(c3c(C)cc(C)cc3C)CC2)c(C)c1. The van der Waals surface area contributed by atoms with Gasteiger partial charge in [-0.15, -0.1) is 0 Å². The first-order valence-corrected chi connectivity index (χ1v) is 20.9. The van der Waals surface area contributed by atoms with Crippen molar-refractivity contribution in [3.63, 3.8) is 0 Å². The fourth-order valence-electron chi connectivity index (χ4n) is 5.41. The Labute approximate surface area is 259 Å². The Morgan fingerprint density at radius 1 is 0.829 bits per heavy atom. The van der Waals surface area contributed by atoms with E-state index in [1.54, 1.807) is 22.8 Å². The maximum atomic E-state index is 11.5. The van der Waals surface area contributed by atoms with Crippen LogP contribution in [0.25, 0.3) is 0 Å². The topological polar surface area (TPSA) is 53.4 Å². The summed E-state index contributed by atoms with van der Waals surface area (Å²) in [4.78, 5) is 5.06. The van der Waals surface area contributed by atoms with Crippen molar-refractivity contribution < 1.29 is 26.7 Å². The summed E-state index contributed by atoms with van der Waals surface area (Å²) < 4.78 is 29.1. The number of aryl methyl sites for hydroxylation is 6. The first kappa shape index (κ1) is 33.6. The molecule has 1 fully saturated rings. The van der Waals surface area contributed by atoms with Crippen molar-refractivity contribution in [2.75, 3.05) is 29.1 Å². The smallest absolute Gasteiger partial charge is 0.0146 e. The van der Waals surface area contributed by atoms with Gasteiger partial charge in [-0.3, -0.25) is 0 Å². The summed E-state index contributed by atoms with van der Waals surface area (Å²) in [6, 6.07) is 13.9. The molecule has 1 N–H and O–H groups in total. The van der Waals surface area contributed by atoms with E-state index in [0.29, 0.717) is 5.56 Å². The van der Waals surface area contributed by atoms with Crippen LogP contribution in [0.4, 0.5) is 11.4 Å². The minimum Gasteiger partial charge on any atom is -0.502 e. The standard InChI is InChI=1S/C21H27N2.C11H14O3S.2ClH.Ru/c1-14-9-16(3)20(17(4)10-14)22-7-8-23(13-22)21-18(5)11-15(2)12-19(21)6;1-8(2)14-11-6-5-10(7-9(11)3)15(4,12)13;;;/h9-13H,7-8H2,1-6H3;3,5-8H,1-2,4H3;2*1H;/q-1;;;;+2/p-1. The molecule has 0 bridgehead atoms. The molecule has 3 aromatic carbocycles. The van der Waals surface area contributed by atoms with E-state index in [4.69, 9.17) is 19.4 Å². The van der Waals surface area contributed by atoms with E-state index in [2.05, 4.69) is 87.0 Å². The molecular weight excluding hydrogens is 664 g/mol. The number of aromatic hydroxyl groups is 1. The number of halogens is 2. The van der Waals surface area contributed by atoms with Gasteiger partial charge in [0.05, 0.1) is 0 Å². The molecule has 0 amide bonds. The third kappa shape index (κ3) is 9.03. The largest absolute Gasteiger partial charge is 0.502 e. The van der Waals surface area contributed by atoms with Crippen molar-refractivity contribution in [1.29, 1.82) is 0 Å². The molecule has 0 aromatic heterocycles. The Morgan fingerprint density at radius 2 is 1.27 bits per heavy atom. The molecule has 226 valence electrons. The van der Waals surface area contributed by atoms with Gasteiger partial charge in [0, 0.05) is 24.5 Å². The molecule has 1 heterocycles. The number of benzene rings is 3. The molecule has 5 nitrogen and oxygen atoms in total. The summed E-state index contributed by atoms with van der Waals surface area (Å²) in [5.74, 6) is 0.720. The van der Waals surface area contributed by atoms with Crippen molar-refractivity contribution >= 4 is 45.2 Å². The zero-order valence-corrected chi connectivity index (χ0v) is 29.4. The Balaban J connectivity index is 0.000000233. The summed E-state index contributed by atoms with van der Waals surface area (Å²) in [6.45, 7) is 21.5. The van der Waals surface area contributed by atoms with Crippen LogP contribution in [0, 0.1) is 48.2 Å².